The van der Waals surface area contributed by atoms with Gasteiger partial charge in [0, 0.05) is 20.5 Å². The Balaban J connectivity index is 2.00. The summed E-state index contributed by atoms with van der Waals surface area (Å²) in [7, 11) is -7.64. The van der Waals surface area contributed by atoms with Crippen LogP contribution in [0.5, 0.6) is 0 Å². The second-order valence-corrected chi connectivity index (χ2v) is 16.3. The highest BCUT2D eigenvalue weighted by molar-refractivity contribution is 7.95. The summed E-state index contributed by atoms with van der Waals surface area (Å²) in [6.45, 7) is 4.31. The lowest BCUT2D eigenvalue weighted by molar-refractivity contribution is 0.573. The molecule has 3 heterocycles. The van der Waals surface area contributed by atoms with Crippen molar-refractivity contribution in [3.8, 4) is 19.5 Å². The molecule has 0 aromatic carbocycles. The molecule has 3 aromatic rings. The van der Waals surface area contributed by atoms with E-state index in [1.54, 1.807) is 12.1 Å². The summed E-state index contributed by atoms with van der Waals surface area (Å²) in [5.41, 5.74) is 0. The van der Waals surface area contributed by atoms with E-state index in [1.807, 2.05) is 12.1 Å². The first-order chi connectivity index (χ1) is 17.8. The molecule has 204 valence electrons. The largest absolute Gasteiger partial charge is 0.224 e. The second kappa shape index (κ2) is 15.0. The zero-order valence-electron chi connectivity index (χ0n) is 21.9. The summed E-state index contributed by atoms with van der Waals surface area (Å²) < 4.78 is 55.5. The summed E-state index contributed by atoms with van der Waals surface area (Å²) in [6.07, 6.45) is 11.5. The van der Waals surface area contributed by atoms with Crippen LogP contribution in [0.25, 0.3) is 19.5 Å². The number of hydrogen-bond donors (Lipinski definition) is 0. The minimum atomic E-state index is -3.82. The molecule has 0 saturated heterocycles. The smallest absolute Gasteiger partial charge is 0.181 e. The highest BCUT2D eigenvalue weighted by Gasteiger charge is 2.36. The third kappa shape index (κ3) is 8.49. The number of thiophene rings is 3. The van der Waals surface area contributed by atoms with Gasteiger partial charge in [-0.1, -0.05) is 78.1 Å². The van der Waals surface area contributed by atoms with Gasteiger partial charge in [-0.3, -0.25) is 0 Å². The average molecular weight is 599 g/mol. The lowest BCUT2D eigenvalue weighted by Crippen LogP contribution is -2.15. The molecule has 0 fully saturated rings. The van der Waals surface area contributed by atoms with Crippen LogP contribution >= 0.6 is 34.0 Å². The molecule has 0 unspecified atom stereocenters. The lowest BCUT2D eigenvalue weighted by atomic mass is 10.1. The second-order valence-electron chi connectivity index (χ2n) is 9.43. The van der Waals surface area contributed by atoms with E-state index in [0.717, 1.165) is 74.0 Å². The van der Waals surface area contributed by atoms with Crippen LogP contribution in [-0.2, 0) is 19.7 Å². The van der Waals surface area contributed by atoms with Gasteiger partial charge in [0.15, 0.2) is 19.7 Å². The maximum absolute atomic E-state index is 13.9. The van der Waals surface area contributed by atoms with Crippen LogP contribution < -0.4 is 0 Å². The highest BCUT2D eigenvalue weighted by Crippen LogP contribution is 2.49. The van der Waals surface area contributed by atoms with Crippen LogP contribution in [0.15, 0.2) is 34.1 Å². The van der Waals surface area contributed by atoms with Gasteiger partial charge in [-0.15, -0.1) is 34.0 Å². The summed E-state index contributed by atoms with van der Waals surface area (Å²) in [5, 5.41) is 6.08. The van der Waals surface area contributed by atoms with Crippen LogP contribution in [0.1, 0.15) is 90.9 Å². The lowest BCUT2D eigenvalue weighted by Gasteiger charge is -2.11. The van der Waals surface area contributed by atoms with Crippen molar-refractivity contribution in [2.24, 2.45) is 0 Å². The van der Waals surface area contributed by atoms with Gasteiger partial charge in [0.2, 0.25) is 0 Å². The Labute approximate surface area is 236 Å². The molecule has 2 radical (unpaired) electrons. The maximum Gasteiger partial charge on any atom is 0.181 e. The Morgan fingerprint density at radius 3 is 1.32 bits per heavy atom. The van der Waals surface area contributed by atoms with Gasteiger partial charge < -0.3 is 0 Å². The Bertz CT molecular complexity index is 1170. The fraction of sp³-hybridized carbons (Fsp3) is 0.571. The van der Waals surface area contributed by atoms with E-state index in [4.69, 9.17) is 0 Å². The first-order valence-electron chi connectivity index (χ1n) is 13.4. The van der Waals surface area contributed by atoms with Crippen molar-refractivity contribution in [3.63, 3.8) is 0 Å². The first kappa shape index (κ1) is 30.5. The summed E-state index contributed by atoms with van der Waals surface area (Å²) in [5.74, 6) is -0.0685. The van der Waals surface area contributed by atoms with E-state index in [2.05, 4.69) is 24.6 Å². The third-order valence-corrected chi connectivity index (χ3v) is 13.6. The zero-order valence-corrected chi connectivity index (χ0v) is 26.0. The molecule has 3 aromatic heterocycles. The number of sulfone groups is 2. The average Bonchev–Trinajstić information content (AvgIpc) is 3.63. The fourth-order valence-corrected chi connectivity index (χ4v) is 12.1. The van der Waals surface area contributed by atoms with Crippen molar-refractivity contribution < 1.29 is 16.8 Å². The molecule has 0 N–H and O–H groups in total. The van der Waals surface area contributed by atoms with Crippen molar-refractivity contribution in [1.29, 1.82) is 0 Å². The quantitative estimate of drug-likeness (QED) is 0.137. The predicted octanol–water partition coefficient (Wildman–Crippen LogP) is 9.07. The number of hydrogen-bond acceptors (Lipinski definition) is 7. The normalized spacial score (nSPS) is 12.4. The number of unbranched alkanes of at least 4 members (excludes halogenated alkanes) is 10. The van der Waals surface area contributed by atoms with Crippen molar-refractivity contribution in [1.82, 2.24) is 0 Å². The molecule has 0 aliphatic rings. The van der Waals surface area contributed by atoms with E-state index in [-0.39, 0.29) is 21.3 Å². The van der Waals surface area contributed by atoms with Crippen molar-refractivity contribution in [2.45, 2.75) is 101 Å². The molecule has 0 saturated carbocycles. The fourth-order valence-electron chi connectivity index (χ4n) is 4.37. The van der Waals surface area contributed by atoms with Gasteiger partial charge in [-0.2, -0.15) is 0 Å². The minimum absolute atomic E-state index is 0.0105. The topological polar surface area (TPSA) is 68.3 Å². The molecule has 0 amide bonds. The summed E-state index contributed by atoms with van der Waals surface area (Å²) in [6, 6.07) is 7.17. The first-order valence-corrected chi connectivity index (χ1v) is 19.1. The molecular formula is C28H38O4S5. The standard InChI is InChI=1S/C28H38O4S5/c1-3-5-7-9-11-13-21-36(29,30)27-25(23-17-15-19-33-23)35-26(24-18-16-20-34-24)28(27)37(31,32)22-14-12-10-8-6-4-2/h15-18H,3-14,21-22H2,1-2H3. The SMILES string of the molecule is CCCCCCCCS(=O)(=O)c1c(-c2cc[c]s2)sc(-c2cc[c]s2)c1S(=O)(=O)CCCCCCCC. The minimum Gasteiger partial charge on any atom is -0.224 e. The molecule has 3 rings (SSSR count). The van der Waals surface area contributed by atoms with E-state index in [1.165, 1.54) is 34.0 Å². The van der Waals surface area contributed by atoms with Gasteiger partial charge in [0.25, 0.3) is 0 Å². The van der Waals surface area contributed by atoms with Crippen molar-refractivity contribution >= 4 is 53.7 Å². The third-order valence-electron chi connectivity index (χ3n) is 6.37. The molecule has 0 aliphatic heterocycles. The van der Waals surface area contributed by atoms with Crippen LogP contribution in [0, 0.1) is 10.8 Å². The Kier molecular flexibility index (Phi) is 12.4. The Morgan fingerprint density at radius 2 is 0.973 bits per heavy atom. The Hall–Kier alpha value is -1.00. The van der Waals surface area contributed by atoms with E-state index in [9.17, 15) is 16.8 Å². The maximum atomic E-state index is 13.9. The molecule has 9 heteroatoms. The van der Waals surface area contributed by atoms with Crippen LogP contribution in [0.3, 0.4) is 0 Å². The van der Waals surface area contributed by atoms with Crippen LogP contribution in [0.2, 0.25) is 0 Å². The Morgan fingerprint density at radius 1 is 0.595 bits per heavy atom. The van der Waals surface area contributed by atoms with Crippen molar-refractivity contribution in [3.05, 3.63) is 35.0 Å². The summed E-state index contributed by atoms with van der Waals surface area (Å²) in [4.78, 5) is 2.57. The van der Waals surface area contributed by atoms with E-state index in [0.29, 0.717) is 22.6 Å². The van der Waals surface area contributed by atoms with Crippen LogP contribution in [-0.4, -0.2) is 28.3 Å². The van der Waals surface area contributed by atoms with Gasteiger partial charge >= 0.3 is 0 Å². The number of rotatable bonds is 18. The molecule has 0 bridgehead atoms. The van der Waals surface area contributed by atoms with Crippen molar-refractivity contribution in [2.75, 3.05) is 11.5 Å². The molecule has 0 spiro atoms. The molecule has 0 aliphatic carbocycles. The monoisotopic (exact) mass is 598 g/mol. The van der Waals surface area contributed by atoms with Gasteiger partial charge in [-0.05, 0) is 37.1 Å². The van der Waals surface area contributed by atoms with E-state index >= 15 is 0 Å². The molecular weight excluding hydrogens is 561 g/mol. The van der Waals surface area contributed by atoms with Crippen LogP contribution in [0.4, 0.5) is 0 Å². The zero-order chi connectivity index (χ0) is 26.7. The molecule has 0 atom stereocenters. The van der Waals surface area contributed by atoms with Gasteiger partial charge in [0.05, 0.1) is 21.3 Å². The predicted molar refractivity (Wildman–Crippen MR) is 159 cm³/mol. The van der Waals surface area contributed by atoms with Gasteiger partial charge in [-0.25, -0.2) is 16.8 Å². The van der Waals surface area contributed by atoms with Gasteiger partial charge in [0.1, 0.15) is 9.79 Å². The highest BCUT2D eigenvalue weighted by atomic mass is 32.2. The molecule has 4 nitrogen and oxygen atoms in total. The summed E-state index contributed by atoms with van der Waals surface area (Å²) >= 11 is 3.93. The van der Waals surface area contributed by atoms with E-state index < -0.39 is 19.7 Å². The molecule has 37 heavy (non-hydrogen) atoms.